The van der Waals surface area contributed by atoms with E-state index < -0.39 is 0 Å². The predicted molar refractivity (Wildman–Crippen MR) is 31.1 cm³/mol. The molecule has 0 aromatic carbocycles. The van der Waals surface area contributed by atoms with Gasteiger partial charge in [-0.3, -0.25) is 4.68 Å². The van der Waals surface area contributed by atoms with Crippen molar-refractivity contribution in [1.29, 1.82) is 5.41 Å². The van der Waals surface area contributed by atoms with Gasteiger partial charge in [-0.05, 0) is 6.07 Å². The molecule has 1 aromatic rings. The Balaban J connectivity index is 3.00. The number of hydrogen-bond acceptors (Lipinski definition) is 2. The van der Waals surface area contributed by atoms with E-state index in [0.29, 0.717) is 5.69 Å². The fourth-order valence-electron chi connectivity index (χ4n) is 0.510. The highest BCUT2D eigenvalue weighted by atomic mass is 15.2. The average Bonchev–Trinajstić information content (AvgIpc) is 2.14. The summed E-state index contributed by atoms with van der Waals surface area (Å²) in [5, 5.41) is 10.7. The van der Waals surface area contributed by atoms with Crippen molar-refractivity contribution >= 4 is 6.21 Å². The van der Waals surface area contributed by atoms with Gasteiger partial charge in [-0.1, -0.05) is 0 Å². The number of nitrogens with zero attached hydrogens (tertiary/aromatic N) is 2. The molecule has 0 unspecified atom stereocenters. The minimum Gasteiger partial charge on any atom is -0.306 e. The quantitative estimate of drug-likeness (QED) is 0.521. The van der Waals surface area contributed by atoms with Crippen LogP contribution in [0.25, 0.3) is 0 Å². The minimum atomic E-state index is 0.701. The summed E-state index contributed by atoms with van der Waals surface area (Å²) in [5.41, 5.74) is 0.701. The number of aromatic nitrogens is 2. The van der Waals surface area contributed by atoms with Crippen LogP contribution in [0.5, 0.6) is 0 Å². The van der Waals surface area contributed by atoms with Crippen LogP contribution >= 0.6 is 0 Å². The van der Waals surface area contributed by atoms with Crippen molar-refractivity contribution in [2.45, 2.75) is 0 Å². The molecule has 0 aliphatic rings. The van der Waals surface area contributed by atoms with Gasteiger partial charge in [0.15, 0.2) is 0 Å². The molecule has 8 heavy (non-hydrogen) atoms. The van der Waals surface area contributed by atoms with Crippen molar-refractivity contribution in [3.8, 4) is 0 Å². The molecule has 1 heterocycles. The van der Waals surface area contributed by atoms with Crippen LogP contribution in [-0.4, -0.2) is 16.0 Å². The second-order valence-corrected chi connectivity index (χ2v) is 1.56. The molecule has 0 amide bonds. The summed E-state index contributed by atoms with van der Waals surface area (Å²) in [7, 11) is 1.83. The third-order valence-corrected chi connectivity index (χ3v) is 0.882. The first kappa shape index (κ1) is 5.03. The van der Waals surface area contributed by atoms with Crippen molar-refractivity contribution in [3.63, 3.8) is 0 Å². The predicted octanol–water partition coefficient (Wildman–Crippen LogP) is 0.418. The van der Waals surface area contributed by atoms with Gasteiger partial charge in [-0.15, -0.1) is 0 Å². The number of aryl methyl sites for hydroxylation is 1. The lowest BCUT2D eigenvalue weighted by atomic mass is 10.5. The van der Waals surface area contributed by atoms with E-state index >= 15 is 0 Å². The molecule has 0 atom stereocenters. The highest BCUT2D eigenvalue weighted by Gasteiger charge is 1.86. The molecular weight excluding hydrogens is 102 g/mol. The Kier molecular flexibility index (Phi) is 1.12. The molecule has 0 bridgehead atoms. The molecule has 3 nitrogen and oxygen atoms in total. The first-order valence-corrected chi connectivity index (χ1v) is 2.33. The van der Waals surface area contributed by atoms with Crippen molar-refractivity contribution in [2.75, 3.05) is 0 Å². The first-order chi connectivity index (χ1) is 3.83. The Hall–Kier alpha value is -1.12. The summed E-state index contributed by atoms with van der Waals surface area (Å²) in [5.74, 6) is 0. The maximum absolute atomic E-state index is 6.76. The molecule has 1 rings (SSSR count). The van der Waals surface area contributed by atoms with Gasteiger partial charge < -0.3 is 5.41 Å². The van der Waals surface area contributed by atoms with Crippen LogP contribution in [0.15, 0.2) is 12.3 Å². The molecule has 0 spiro atoms. The third-order valence-electron chi connectivity index (χ3n) is 0.882. The molecule has 0 aliphatic carbocycles. The standard InChI is InChI=1S/C5H7N3/c1-8-3-2-5(4-6)7-8/h2-4,6H,1H3. The summed E-state index contributed by atoms with van der Waals surface area (Å²) in [6.07, 6.45) is 3.03. The normalized spacial score (nSPS) is 9.12. The molecule has 3 heteroatoms. The van der Waals surface area contributed by atoms with E-state index in [1.165, 1.54) is 6.21 Å². The van der Waals surface area contributed by atoms with Crippen LogP contribution in [0.2, 0.25) is 0 Å². The van der Waals surface area contributed by atoms with Gasteiger partial charge in [-0.25, -0.2) is 0 Å². The van der Waals surface area contributed by atoms with E-state index in [4.69, 9.17) is 5.41 Å². The van der Waals surface area contributed by atoms with Crippen molar-refractivity contribution in [2.24, 2.45) is 7.05 Å². The minimum absolute atomic E-state index is 0.701. The van der Waals surface area contributed by atoms with Crippen LogP contribution in [0.4, 0.5) is 0 Å². The highest BCUT2D eigenvalue weighted by Crippen LogP contribution is 1.86. The van der Waals surface area contributed by atoms with Crippen LogP contribution in [0.1, 0.15) is 5.69 Å². The van der Waals surface area contributed by atoms with E-state index in [1.807, 2.05) is 7.05 Å². The molecule has 0 fully saturated rings. The van der Waals surface area contributed by atoms with Crippen molar-refractivity contribution in [3.05, 3.63) is 18.0 Å². The topological polar surface area (TPSA) is 41.7 Å². The SMILES string of the molecule is Cn1ccc(C=N)n1. The van der Waals surface area contributed by atoms with Gasteiger partial charge in [0.1, 0.15) is 5.69 Å². The molecule has 1 aromatic heterocycles. The largest absolute Gasteiger partial charge is 0.306 e. The zero-order valence-corrected chi connectivity index (χ0v) is 4.63. The second-order valence-electron chi connectivity index (χ2n) is 1.56. The van der Waals surface area contributed by atoms with Crippen LogP contribution < -0.4 is 0 Å². The zero-order valence-electron chi connectivity index (χ0n) is 4.63. The molecular formula is C5H7N3. The fourth-order valence-corrected chi connectivity index (χ4v) is 0.510. The van der Waals surface area contributed by atoms with E-state index in [9.17, 15) is 0 Å². The zero-order chi connectivity index (χ0) is 5.98. The number of nitrogens with one attached hydrogen (secondary N) is 1. The molecule has 42 valence electrons. The maximum Gasteiger partial charge on any atom is 0.103 e. The van der Waals surface area contributed by atoms with Crippen molar-refractivity contribution in [1.82, 2.24) is 9.78 Å². The van der Waals surface area contributed by atoms with Gasteiger partial charge >= 0.3 is 0 Å². The van der Waals surface area contributed by atoms with E-state index in [1.54, 1.807) is 16.9 Å². The fraction of sp³-hybridized carbons (Fsp3) is 0.200. The first-order valence-electron chi connectivity index (χ1n) is 2.33. The van der Waals surface area contributed by atoms with E-state index in [2.05, 4.69) is 5.10 Å². The van der Waals surface area contributed by atoms with Gasteiger partial charge in [-0.2, -0.15) is 5.10 Å². The Morgan fingerprint density at radius 1 is 1.88 bits per heavy atom. The Bertz CT molecular complexity index is 189. The summed E-state index contributed by atoms with van der Waals surface area (Å²) >= 11 is 0. The van der Waals surface area contributed by atoms with Gasteiger partial charge in [0, 0.05) is 19.5 Å². The lowest BCUT2D eigenvalue weighted by molar-refractivity contribution is 0.765. The van der Waals surface area contributed by atoms with Gasteiger partial charge in [0.2, 0.25) is 0 Å². The van der Waals surface area contributed by atoms with Gasteiger partial charge in [0.25, 0.3) is 0 Å². The maximum atomic E-state index is 6.76. The molecule has 0 saturated heterocycles. The highest BCUT2D eigenvalue weighted by molar-refractivity contribution is 5.73. The Morgan fingerprint density at radius 3 is 2.88 bits per heavy atom. The summed E-state index contributed by atoms with van der Waals surface area (Å²) in [6.45, 7) is 0. The van der Waals surface area contributed by atoms with Crippen LogP contribution in [0, 0.1) is 5.41 Å². The Labute approximate surface area is 47.5 Å². The van der Waals surface area contributed by atoms with Gasteiger partial charge in [0.05, 0.1) is 0 Å². The van der Waals surface area contributed by atoms with Crippen LogP contribution in [0.3, 0.4) is 0 Å². The number of rotatable bonds is 1. The average molecular weight is 109 g/mol. The molecule has 0 saturated carbocycles. The molecule has 0 radical (unpaired) electrons. The smallest absolute Gasteiger partial charge is 0.103 e. The Morgan fingerprint density at radius 2 is 2.62 bits per heavy atom. The summed E-state index contributed by atoms with van der Waals surface area (Å²) in [6, 6.07) is 1.78. The second kappa shape index (κ2) is 1.78. The third kappa shape index (κ3) is 0.753. The van der Waals surface area contributed by atoms with Crippen molar-refractivity contribution < 1.29 is 0 Å². The molecule has 0 aliphatic heterocycles. The summed E-state index contributed by atoms with van der Waals surface area (Å²) in [4.78, 5) is 0. The van der Waals surface area contributed by atoms with E-state index in [0.717, 1.165) is 0 Å². The van der Waals surface area contributed by atoms with E-state index in [-0.39, 0.29) is 0 Å². The summed E-state index contributed by atoms with van der Waals surface area (Å²) < 4.78 is 1.67. The number of hydrogen-bond donors (Lipinski definition) is 1. The molecule has 1 N–H and O–H groups in total. The lowest BCUT2D eigenvalue weighted by Crippen LogP contribution is -1.88. The van der Waals surface area contributed by atoms with Crippen LogP contribution in [-0.2, 0) is 7.05 Å². The lowest BCUT2D eigenvalue weighted by Gasteiger charge is -1.80. The monoisotopic (exact) mass is 109 g/mol.